The van der Waals surface area contributed by atoms with Gasteiger partial charge in [-0.15, -0.1) is 13.2 Å². The van der Waals surface area contributed by atoms with Crippen LogP contribution in [0.5, 0.6) is 5.75 Å². The molecule has 2 aromatic rings. The van der Waals surface area contributed by atoms with Crippen LogP contribution in [-0.4, -0.2) is 28.1 Å². The summed E-state index contributed by atoms with van der Waals surface area (Å²) >= 11 is 0. The third-order valence-electron chi connectivity index (χ3n) is 3.10. The number of esters is 1. The Labute approximate surface area is 148 Å². The van der Waals surface area contributed by atoms with Crippen LogP contribution in [0.2, 0.25) is 0 Å². The third kappa shape index (κ3) is 6.05. The summed E-state index contributed by atoms with van der Waals surface area (Å²) in [6.45, 7) is 7.05. The lowest BCUT2D eigenvalue weighted by Crippen LogP contribution is -2.24. The zero-order valence-corrected chi connectivity index (χ0v) is 14.8. The van der Waals surface area contributed by atoms with E-state index in [2.05, 4.69) is 14.9 Å². The Hall–Kier alpha value is -2.58. The topological polar surface area (TPSA) is 74.5 Å². The molecule has 0 amide bonds. The SMILES string of the molecule is C[C@H](CC(=O)OC(C)(C)C)c1nc(-c2ccc(OC(F)(F)F)cc2)no1. The first-order valence-corrected chi connectivity index (χ1v) is 7.84. The molecule has 2 rings (SSSR count). The fraction of sp³-hybridized carbons (Fsp3) is 0.471. The lowest BCUT2D eigenvalue weighted by atomic mass is 10.1. The molecule has 0 bridgehead atoms. The second kappa shape index (κ2) is 7.35. The van der Waals surface area contributed by atoms with Gasteiger partial charge in [0.2, 0.25) is 11.7 Å². The van der Waals surface area contributed by atoms with Crippen molar-refractivity contribution in [2.24, 2.45) is 0 Å². The lowest BCUT2D eigenvalue weighted by molar-refractivity contribution is -0.274. The predicted octanol–water partition coefficient (Wildman–Crippen LogP) is 4.47. The average Bonchev–Trinajstić information content (AvgIpc) is 2.94. The molecule has 142 valence electrons. The second-order valence-corrected chi connectivity index (χ2v) is 6.72. The van der Waals surface area contributed by atoms with Gasteiger partial charge in [0.05, 0.1) is 6.42 Å². The van der Waals surface area contributed by atoms with Crippen LogP contribution in [0.1, 0.15) is 45.9 Å². The Balaban J connectivity index is 2.03. The van der Waals surface area contributed by atoms with Crippen molar-refractivity contribution in [3.05, 3.63) is 30.2 Å². The Morgan fingerprint density at radius 3 is 2.35 bits per heavy atom. The van der Waals surface area contributed by atoms with Gasteiger partial charge in [-0.2, -0.15) is 4.98 Å². The summed E-state index contributed by atoms with van der Waals surface area (Å²) < 4.78 is 50.7. The van der Waals surface area contributed by atoms with Crippen LogP contribution in [0.4, 0.5) is 13.2 Å². The molecule has 0 spiro atoms. The molecule has 0 aliphatic carbocycles. The molecule has 1 atom stereocenters. The van der Waals surface area contributed by atoms with E-state index in [4.69, 9.17) is 9.26 Å². The number of alkyl halides is 3. The molecule has 0 radical (unpaired) electrons. The van der Waals surface area contributed by atoms with Gasteiger partial charge in [0.1, 0.15) is 11.4 Å². The first-order chi connectivity index (χ1) is 11.9. The Bertz CT molecular complexity index is 749. The van der Waals surface area contributed by atoms with Gasteiger partial charge in [-0.1, -0.05) is 12.1 Å². The van der Waals surface area contributed by atoms with Crippen LogP contribution in [0.3, 0.4) is 0 Å². The van der Waals surface area contributed by atoms with Crippen LogP contribution < -0.4 is 4.74 Å². The van der Waals surface area contributed by atoms with E-state index in [1.807, 2.05) is 0 Å². The maximum atomic E-state index is 12.2. The summed E-state index contributed by atoms with van der Waals surface area (Å²) in [4.78, 5) is 16.0. The third-order valence-corrected chi connectivity index (χ3v) is 3.10. The summed E-state index contributed by atoms with van der Waals surface area (Å²) in [7, 11) is 0. The van der Waals surface area contributed by atoms with E-state index in [1.54, 1.807) is 27.7 Å². The van der Waals surface area contributed by atoms with Gasteiger partial charge < -0.3 is 14.0 Å². The highest BCUT2D eigenvalue weighted by Crippen LogP contribution is 2.27. The Morgan fingerprint density at radius 1 is 1.19 bits per heavy atom. The highest BCUT2D eigenvalue weighted by molar-refractivity contribution is 5.70. The average molecular weight is 372 g/mol. The minimum absolute atomic E-state index is 0.0667. The molecule has 26 heavy (non-hydrogen) atoms. The summed E-state index contributed by atoms with van der Waals surface area (Å²) in [5.41, 5.74) is -0.129. The normalized spacial score (nSPS) is 13.3. The minimum atomic E-state index is -4.75. The van der Waals surface area contributed by atoms with Crippen molar-refractivity contribution in [1.82, 2.24) is 10.1 Å². The second-order valence-electron chi connectivity index (χ2n) is 6.72. The first kappa shape index (κ1) is 19.7. The van der Waals surface area contributed by atoms with E-state index < -0.39 is 17.9 Å². The maximum Gasteiger partial charge on any atom is 0.573 e. The molecule has 1 aromatic carbocycles. The van der Waals surface area contributed by atoms with Gasteiger partial charge in [0.25, 0.3) is 0 Å². The molecule has 0 saturated heterocycles. The maximum absolute atomic E-state index is 12.2. The molecule has 0 aliphatic heterocycles. The fourth-order valence-corrected chi connectivity index (χ4v) is 2.08. The zero-order chi connectivity index (χ0) is 19.5. The molecule has 0 unspecified atom stereocenters. The molecule has 9 heteroatoms. The Morgan fingerprint density at radius 2 is 1.81 bits per heavy atom. The van der Waals surface area contributed by atoms with Gasteiger partial charge in [-0.05, 0) is 45.0 Å². The summed E-state index contributed by atoms with van der Waals surface area (Å²) in [6.07, 6.45) is -4.69. The van der Waals surface area contributed by atoms with Gasteiger partial charge in [-0.25, -0.2) is 0 Å². The number of carbonyl (C=O) groups excluding carboxylic acids is 1. The summed E-state index contributed by atoms with van der Waals surface area (Å²) in [5.74, 6) is -0.656. The number of aromatic nitrogens is 2. The number of hydrogen-bond donors (Lipinski definition) is 0. The minimum Gasteiger partial charge on any atom is -0.460 e. The molecule has 0 N–H and O–H groups in total. The van der Waals surface area contributed by atoms with Gasteiger partial charge in [0, 0.05) is 11.5 Å². The number of carbonyl (C=O) groups is 1. The zero-order valence-electron chi connectivity index (χ0n) is 14.8. The largest absolute Gasteiger partial charge is 0.573 e. The van der Waals surface area contributed by atoms with Crippen molar-refractivity contribution < 1.29 is 32.0 Å². The molecule has 0 saturated carbocycles. The number of rotatable bonds is 5. The van der Waals surface area contributed by atoms with E-state index in [-0.39, 0.29) is 29.8 Å². The molecule has 0 aliphatic rings. The molecule has 1 heterocycles. The van der Waals surface area contributed by atoms with E-state index in [0.717, 1.165) is 12.1 Å². The van der Waals surface area contributed by atoms with E-state index >= 15 is 0 Å². The molecule has 6 nitrogen and oxygen atoms in total. The van der Waals surface area contributed by atoms with Crippen LogP contribution >= 0.6 is 0 Å². The summed E-state index contributed by atoms with van der Waals surface area (Å²) in [5, 5.41) is 3.79. The molecular weight excluding hydrogens is 353 g/mol. The van der Waals surface area contributed by atoms with Crippen LogP contribution in [0, 0.1) is 0 Å². The van der Waals surface area contributed by atoms with Gasteiger partial charge >= 0.3 is 12.3 Å². The van der Waals surface area contributed by atoms with E-state index in [9.17, 15) is 18.0 Å². The van der Waals surface area contributed by atoms with Crippen molar-refractivity contribution >= 4 is 5.97 Å². The van der Waals surface area contributed by atoms with Gasteiger partial charge in [0.15, 0.2) is 0 Å². The van der Waals surface area contributed by atoms with Crippen molar-refractivity contribution in [3.63, 3.8) is 0 Å². The number of benzene rings is 1. The lowest BCUT2D eigenvalue weighted by Gasteiger charge is -2.20. The molecule has 0 fully saturated rings. The molecule has 1 aromatic heterocycles. The van der Waals surface area contributed by atoms with Crippen LogP contribution in [-0.2, 0) is 9.53 Å². The van der Waals surface area contributed by atoms with Crippen molar-refractivity contribution in [1.29, 1.82) is 0 Å². The monoisotopic (exact) mass is 372 g/mol. The number of halogens is 3. The predicted molar refractivity (Wildman–Crippen MR) is 85.3 cm³/mol. The molecular formula is C17H19F3N2O4. The van der Waals surface area contributed by atoms with E-state index in [1.165, 1.54) is 12.1 Å². The number of hydrogen-bond acceptors (Lipinski definition) is 6. The van der Waals surface area contributed by atoms with Crippen molar-refractivity contribution in [2.75, 3.05) is 0 Å². The first-order valence-electron chi connectivity index (χ1n) is 7.84. The number of ether oxygens (including phenoxy) is 2. The Kier molecular flexibility index (Phi) is 5.58. The smallest absolute Gasteiger partial charge is 0.460 e. The van der Waals surface area contributed by atoms with Crippen molar-refractivity contribution in [2.45, 2.75) is 52.0 Å². The highest BCUT2D eigenvalue weighted by atomic mass is 19.4. The van der Waals surface area contributed by atoms with Gasteiger partial charge in [-0.3, -0.25) is 4.79 Å². The van der Waals surface area contributed by atoms with Crippen LogP contribution in [0.15, 0.2) is 28.8 Å². The fourth-order valence-electron chi connectivity index (χ4n) is 2.08. The standard InChI is InChI=1S/C17H19F3N2O4/c1-10(9-13(23)25-16(2,3)4)15-21-14(22-26-15)11-5-7-12(8-6-11)24-17(18,19)20/h5-8,10H,9H2,1-4H3/t10-/m1/s1. The van der Waals surface area contributed by atoms with E-state index in [0.29, 0.717) is 5.56 Å². The summed E-state index contributed by atoms with van der Waals surface area (Å²) in [6, 6.07) is 5.08. The quantitative estimate of drug-likeness (QED) is 0.721. The van der Waals surface area contributed by atoms with Crippen LogP contribution in [0.25, 0.3) is 11.4 Å². The highest BCUT2D eigenvalue weighted by Gasteiger charge is 2.31. The van der Waals surface area contributed by atoms with Crippen molar-refractivity contribution in [3.8, 4) is 17.1 Å². The number of nitrogens with zero attached hydrogens (tertiary/aromatic N) is 2.